The Bertz CT molecular complexity index is 312. The Hall–Kier alpha value is -1.22. The largest absolute Gasteiger partial charge is 0.387 e. The Balaban J connectivity index is 3.29. The molecule has 0 saturated heterocycles. The summed E-state index contributed by atoms with van der Waals surface area (Å²) in [6.45, 7) is 0. The van der Waals surface area contributed by atoms with Crippen LogP contribution in [0.4, 0.5) is 5.69 Å². The van der Waals surface area contributed by atoms with Gasteiger partial charge < -0.3 is 11.1 Å². The molecule has 1 aromatic rings. The lowest BCUT2D eigenvalue weighted by atomic mass is 10.1. The summed E-state index contributed by atoms with van der Waals surface area (Å²) in [7, 11) is 1.71. The molecule has 1 rings (SSSR count). The van der Waals surface area contributed by atoms with Crippen molar-refractivity contribution in [1.29, 1.82) is 0 Å². The first-order chi connectivity index (χ1) is 5.66. The molecule has 1 amide bonds. The minimum Gasteiger partial charge on any atom is -0.387 e. The summed E-state index contributed by atoms with van der Waals surface area (Å²) in [4.78, 5) is 10.9. The van der Waals surface area contributed by atoms with Gasteiger partial charge in [-0.15, -0.1) is 0 Å². The van der Waals surface area contributed by atoms with Crippen molar-refractivity contribution < 1.29 is 4.79 Å². The van der Waals surface area contributed by atoms with Crippen LogP contribution in [-0.4, -0.2) is 13.0 Å². The lowest BCUT2D eigenvalue weighted by Gasteiger charge is -2.06. The van der Waals surface area contributed by atoms with Gasteiger partial charge in [-0.1, -0.05) is 17.7 Å². The van der Waals surface area contributed by atoms with Crippen LogP contribution in [0.2, 0.25) is 5.02 Å². The molecule has 1 aromatic carbocycles. The number of nitrogens with one attached hydrogen (secondary N) is 1. The Labute approximate surface area is 75.5 Å². The molecule has 3 nitrogen and oxygen atoms in total. The fraction of sp³-hybridized carbons (Fsp3) is 0.125. The number of halogens is 1. The third-order valence-corrected chi connectivity index (χ3v) is 1.84. The molecule has 3 N–H and O–H groups in total. The Morgan fingerprint density at radius 3 is 2.67 bits per heavy atom. The van der Waals surface area contributed by atoms with E-state index in [1.165, 1.54) is 0 Å². The lowest BCUT2D eigenvalue weighted by Crippen LogP contribution is -2.13. The first-order valence-electron chi connectivity index (χ1n) is 3.43. The van der Waals surface area contributed by atoms with Crippen LogP contribution >= 0.6 is 11.6 Å². The van der Waals surface area contributed by atoms with Gasteiger partial charge in [0, 0.05) is 12.7 Å². The zero-order valence-corrected chi connectivity index (χ0v) is 7.35. The second kappa shape index (κ2) is 3.45. The minimum absolute atomic E-state index is 0.335. The monoisotopic (exact) mass is 184 g/mol. The highest BCUT2D eigenvalue weighted by molar-refractivity contribution is 6.34. The lowest BCUT2D eigenvalue weighted by molar-refractivity contribution is 0.100. The Morgan fingerprint density at radius 2 is 2.25 bits per heavy atom. The standard InChI is InChI=1S/C8H9ClN2O/c1-11-6-4-2-3-5(9)7(6)8(10)12/h2-4,11H,1H3,(H2,10,12). The van der Waals surface area contributed by atoms with E-state index in [2.05, 4.69) is 5.32 Å². The molecule has 0 aromatic heterocycles. The Morgan fingerprint density at radius 1 is 1.58 bits per heavy atom. The fourth-order valence-corrected chi connectivity index (χ4v) is 1.25. The number of carbonyl (C=O) groups is 1. The van der Waals surface area contributed by atoms with Gasteiger partial charge in [0.15, 0.2) is 0 Å². The summed E-state index contributed by atoms with van der Waals surface area (Å²) in [5.74, 6) is -0.523. The smallest absolute Gasteiger partial charge is 0.252 e. The highest BCUT2D eigenvalue weighted by Gasteiger charge is 2.10. The van der Waals surface area contributed by atoms with E-state index >= 15 is 0 Å². The summed E-state index contributed by atoms with van der Waals surface area (Å²) in [6, 6.07) is 5.12. The summed E-state index contributed by atoms with van der Waals surface area (Å²) in [6.07, 6.45) is 0. The van der Waals surface area contributed by atoms with Crippen LogP contribution in [0.15, 0.2) is 18.2 Å². The van der Waals surface area contributed by atoms with E-state index in [1.807, 2.05) is 0 Å². The molecule has 0 aliphatic carbocycles. The predicted molar refractivity (Wildman–Crippen MR) is 49.5 cm³/mol. The quantitative estimate of drug-likeness (QED) is 0.732. The van der Waals surface area contributed by atoms with Crippen molar-refractivity contribution in [3.63, 3.8) is 0 Å². The van der Waals surface area contributed by atoms with Crippen LogP contribution in [-0.2, 0) is 0 Å². The summed E-state index contributed by atoms with van der Waals surface area (Å²) in [5.41, 5.74) is 6.11. The molecule has 4 heteroatoms. The van der Waals surface area contributed by atoms with Crippen molar-refractivity contribution in [3.8, 4) is 0 Å². The van der Waals surface area contributed by atoms with Crippen LogP contribution in [0, 0.1) is 0 Å². The second-order valence-electron chi connectivity index (χ2n) is 2.28. The molecule has 0 radical (unpaired) electrons. The van der Waals surface area contributed by atoms with Crippen molar-refractivity contribution >= 4 is 23.2 Å². The van der Waals surface area contributed by atoms with Gasteiger partial charge in [-0.05, 0) is 12.1 Å². The van der Waals surface area contributed by atoms with Crippen molar-refractivity contribution in [3.05, 3.63) is 28.8 Å². The van der Waals surface area contributed by atoms with E-state index in [0.29, 0.717) is 16.3 Å². The highest BCUT2D eigenvalue weighted by Crippen LogP contribution is 2.22. The number of anilines is 1. The first-order valence-corrected chi connectivity index (χ1v) is 3.80. The van der Waals surface area contributed by atoms with Gasteiger partial charge in [0.05, 0.1) is 10.6 Å². The number of primary amides is 1. The fourth-order valence-electron chi connectivity index (χ4n) is 0.983. The maximum atomic E-state index is 10.9. The molecule has 0 aliphatic heterocycles. The van der Waals surface area contributed by atoms with Gasteiger partial charge >= 0.3 is 0 Å². The maximum absolute atomic E-state index is 10.9. The van der Waals surface area contributed by atoms with Gasteiger partial charge in [-0.3, -0.25) is 4.79 Å². The van der Waals surface area contributed by atoms with E-state index in [9.17, 15) is 4.79 Å². The Kier molecular flexibility index (Phi) is 2.55. The molecule has 0 aliphatic rings. The number of benzene rings is 1. The van der Waals surface area contributed by atoms with E-state index in [0.717, 1.165) is 0 Å². The number of nitrogens with two attached hydrogens (primary N) is 1. The third-order valence-electron chi connectivity index (χ3n) is 1.53. The zero-order valence-electron chi connectivity index (χ0n) is 6.60. The van der Waals surface area contributed by atoms with Crippen LogP contribution in [0.25, 0.3) is 0 Å². The highest BCUT2D eigenvalue weighted by atomic mass is 35.5. The number of carbonyl (C=O) groups excluding carboxylic acids is 1. The molecule has 12 heavy (non-hydrogen) atoms. The second-order valence-corrected chi connectivity index (χ2v) is 2.68. The van der Waals surface area contributed by atoms with Gasteiger partial charge in [0.1, 0.15) is 0 Å². The molecule has 0 bridgehead atoms. The van der Waals surface area contributed by atoms with Crippen LogP contribution < -0.4 is 11.1 Å². The van der Waals surface area contributed by atoms with E-state index < -0.39 is 5.91 Å². The average Bonchev–Trinajstić information content (AvgIpc) is 2.03. The molecule has 0 atom stereocenters. The van der Waals surface area contributed by atoms with E-state index in [-0.39, 0.29) is 0 Å². The predicted octanol–water partition coefficient (Wildman–Crippen LogP) is 1.48. The summed E-state index contributed by atoms with van der Waals surface area (Å²) < 4.78 is 0. The van der Waals surface area contributed by atoms with Crippen molar-refractivity contribution in [2.75, 3.05) is 12.4 Å². The summed E-state index contributed by atoms with van der Waals surface area (Å²) >= 11 is 5.76. The van der Waals surface area contributed by atoms with E-state index in [4.69, 9.17) is 17.3 Å². The van der Waals surface area contributed by atoms with Crippen LogP contribution in [0.1, 0.15) is 10.4 Å². The zero-order chi connectivity index (χ0) is 9.14. The van der Waals surface area contributed by atoms with Gasteiger partial charge in [0.2, 0.25) is 0 Å². The topological polar surface area (TPSA) is 55.1 Å². The SMILES string of the molecule is CNc1cccc(Cl)c1C(N)=O. The molecule has 0 unspecified atom stereocenters. The van der Waals surface area contributed by atoms with Crippen molar-refractivity contribution in [2.45, 2.75) is 0 Å². The third kappa shape index (κ3) is 1.51. The molecule has 64 valence electrons. The van der Waals surface area contributed by atoms with E-state index in [1.54, 1.807) is 25.2 Å². The number of hydrogen-bond donors (Lipinski definition) is 2. The van der Waals surface area contributed by atoms with Gasteiger partial charge in [-0.25, -0.2) is 0 Å². The first kappa shape index (κ1) is 8.87. The van der Waals surface area contributed by atoms with Crippen LogP contribution in [0.3, 0.4) is 0 Å². The molecular weight excluding hydrogens is 176 g/mol. The minimum atomic E-state index is -0.523. The van der Waals surface area contributed by atoms with Gasteiger partial charge in [0.25, 0.3) is 5.91 Å². The normalized spacial score (nSPS) is 9.50. The van der Waals surface area contributed by atoms with Gasteiger partial charge in [-0.2, -0.15) is 0 Å². The molecule has 0 fully saturated rings. The number of rotatable bonds is 2. The summed E-state index contributed by atoms with van der Waals surface area (Å²) in [5, 5.41) is 3.20. The molecule has 0 saturated carbocycles. The molecular formula is C8H9ClN2O. The average molecular weight is 185 g/mol. The van der Waals surface area contributed by atoms with Crippen molar-refractivity contribution in [2.24, 2.45) is 5.73 Å². The number of amides is 1. The molecule has 0 spiro atoms. The van der Waals surface area contributed by atoms with Crippen LogP contribution in [0.5, 0.6) is 0 Å². The maximum Gasteiger partial charge on any atom is 0.252 e. The molecule has 0 heterocycles. The van der Waals surface area contributed by atoms with Crippen molar-refractivity contribution in [1.82, 2.24) is 0 Å². The number of hydrogen-bond acceptors (Lipinski definition) is 2.